The highest BCUT2D eigenvalue weighted by Crippen LogP contribution is 1.95. The zero-order valence-corrected chi connectivity index (χ0v) is 6.54. The number of hydrazone groups is 1. The predicted molar refractivity (Wildman–Crippen MR) is 40.4 cm³/mol. The van der Waals surface area contributed by atoms with Gasteiger partial charge in [0.15, 0.2) is 0 Å². The van der Waals surface area contributed by atoms with Gasteiger partial charge in [-0.2, -0.15) is 0 Å². The molecule has 0 aliphatic carbocycles. The highest BCUT2D eigenvalue weighted by molar-refractivity contribution is 5.75. The van der Waals surface area contributed by atoms with Crippen LogP contribution in [0.4, 0.5) is 9.15 Å². The van der Waals surface area contributed by atoms with E-state index in [1.54, 1.807) is 5.01 Å². The Hall–Kier alpha value is -1.11. The lowest BCUT2D eigenvalue weighted by molar-refractivity contribution is 0.0392. The summed E-state index contributed by atoms with van der Waals surface area (Å²) in [7, 11) is 0. The molecular weight excluding hydrogens is 170 g/mol. The highest BCUT2D eigenvalue weighted by atomic mass is 20.0. The first kappa shape index (κ1) is 10.9. The number of hydrogen-bond donors (Lipinski definition) is 2. The SMILES string of the molecule is FF.NC(N)=NN1CCOCC1. The van der Waals surface area contributed by atoms with Gasteiger partial charge in [-0.05, 0) is 0 Å². The predicted octanol–water partition coefficient (Wildman–Crippen LogP) is -0.653. The number of morpholine rings is 1. The lowest BCUT2D eigenvalue weighted by atomic mass is 10.5. The van der Waals surface area contributed by atoms with Crippen molar-refractivity contribution in [2.75, 3.05) is 26.3 Å². The quantitative estimate of drug-likeness (QED) is 0.417. The van der Waals surface area contributed by atoms with Gasteiger partial charge in [0.1, 0.15) is 0 Å². The minimum absolute atomic E-state index is 0.113. The molecule has 0 radical (unpaired) electrons. The minimum Gasteiger partial charge on any atom is -0.378 e. The molecule has 12 heavy (non-hydrogen) atoms. The van der Waals surface area contributed by atoms with Crippen LogP contribution in [0.1, 0.15) is 0 Å². The third kappa shape index (κ3) is 4.67. The smallest absolute Gasteiger partial charge is 0.208 e. The molecule has 5 nitrogen and oxygen atoms in total. The molecule has 0 aromatic rings. The van der Waals surface area contributed by atoms with Gasteiger partial charge in [-0.25, -0.2) is 0 Å². The van der Waals surface area contributed by atoms with E-state index < -0.39 is 0 Å². The zero-order valence-electron chi connectivity index (χ0n) is 6.54. The van der Waals surface area contributed by atoms with Crippen molar-refractivity contribution in [3.63, 3.8) is 0 Å². The van der Waals surface area contributed by atoms with E-state index in [4.69, 9.17) is 25.4 Å². The molecule has 1 heterocycles. The maximum atomic E-state index is 8.00. The van der Waals surface area contributed by atoms with Crippen molar-refractivity contribution >= 4 is 5.96 Å². The van der Waals surface area contributed by atoms with Crippen LogP contribution >= 0.6 is 0 Å². The molecule has 1 aliphatic rings. The van der Waals surface area contributed by atoms with Gasteiger partial charge in [-0.1, -0.05) is 0 Å². The van der Waals surface area contributed by atoms with Crippen LogP contribution in [0.5, 0.6) is 0 Å². The Bertz CT molecular complexity index is 133. The van der Waals surface area contributed by atoms with Crippen LogP contribution in [-0.2, 0) is 4.74 Å². The zero-order chi connectivity index (χ0) is 9.40. The molecule has 72 valence electrons. The molecule has 0 atom stereocenters. The fourth-order valence-electron chi connectivity index (χ4n) is 0.817. The van der Waals surface area contributed by atoms with E-state index in [1.165, 1.54) is 0 Å². The summed E-state index contributed by atoms with van der Waals surface area (Å²) < 4.78 is 21.1. The summed E-state index contributed by atoms with van der Waals surface area (Å²) in [5, 5.41) is 5.67. The van der Waals surface area contributed by atoms with Crippen molar-refractivity contribution in [2.24, 2.45) is 16.6 Å². The monoisotopic (exact) mass is 182 g/mol. The largest absolute Gasteiger partial charge is 0.378 e. The molecule has 0 spiro atoms. The molecule has 1 rings (SSSR count). The van der Waals surface area contributed by atoms with Gasteiger partial charge in [0, 0.05) is 9.15 Å². The fourth-order valence-corrected chi connectivity index (χ4v) is 0.817. The maximum Gasteiger partial charge on any atom is 0.208 e. The molecule has 4 N–H and O–H groups in total. The summed E-state index contributed by atoms with van der Waals surface area (Å²) in [6, 6.07) is 0. The van der Waals surface area contributed by atoms with Gasteiger partial charge < -0.3 is 16.2 Å². The first-order chi connectivity index (χ1) is 5.79. The van der Waals surface area contributed by atoms with Gasteiger partial charge in [-0.15, -0.1) is 5.10 Å². The van der Waals surface area contributed by atoms with E-state index in [1.807, 2.05) is 0 Å². The average molecular weight is 182 g/mol. The summed E-state index contributed by atoms with van der Waals surface area (Å²) in [5.41, 5.74) is 10.3. The van der Waals surface area contributed by atoms with Crippen LogP contribution < -0.4 is 11.5 Å². The number of nitrogens with zero attached hydrogens (tertiary/aromatic N) is 2. The van der Waals surface area contributed by atoms with Crippen molar-refractivity contribution in [1.82, 2.24) is 5.01 Å². The number of hydrogen-bond acceptors (Lipinski definition) is 3. The first-order valence-corrected chi connectivity index (χ1v) is 3.35. The first-order valence-electron chi connectivity index (χ1n) is 3.35. The molecule has 0 bridgehead atoms. The summed E-state index contributed by atoms with van der Waals surface area (Å²) >= 11 is 0. The number of halogens is 2. The van der Waals surface area contributed by atoms with Gasteiger partial charge in [-0.3, -0.25) is 5.01 Å². The van der Waals surface area contributed by atoms with E-state index in [2.05, 4.69) is 5.10 Å². The average Bonchev–Trinajstić information content (AvgIpc) is 2.08. The molecule has 1 aliphatic heterocycles. The van der Waals surface area contributed by atoms with E-state index in [0.717, 1.165) is 13.1 Å². The molecule has 1 saturated heterocycles. The highest BCUT2D eigenvalue weighted by Gasteiger charge is 2.06. The van der Waals surface area contributed by atoms with Crippen LogP contribution in [0.3, 0.4) is 0 Å². The second-order valence-electron chi connectivity index (χ2n) is 2.09. The standard InChI is InChI=1S/C5H12N4O.F2/c6-5(7)8-9-1-3-10-4-2-9;1-2/h1-4H2,(H4,6,7,8);. The third-order valence-corrected chi connectivity index (χ3v) is 1.24. The Morgan fingerprint density at radius 2 is 1.75 bits per heavy atom. The lowest BCUT2D eigenvalue weighted by Crippen LogP contribution is -2.36. The molecule has 0 aromatic carbocycles. The molecule has 7 heteroatoms. The lowest BCUT2D eigenvalue weighted by Gasteiger charge is -2.23. The Morgan fingerprint density at radius 3 is 2.17 bits per heavy atom. The van der Waals surface area contributed by atoms with Crippen molar-refractivity contribution < 1.29 is 13.9 Å². The number of guanidine groups is 1. The second-order valence-corrected chi connectivity index (χ2v) is 2.09. The minimum atomic E-state index is 0.113. The Labute approximate surface area is 68.8 Å². The van der Waals surface area contributed by atoms with Crippen molar-refractivity contribution in [2.45, 2.75) is 0 Å². The van der Waals surface area contributed by atoms with Gasteiger partial charge in [0.05, 0.1) is 26.3 Å². The molecule has 0 aromatic heterocycles. The van der Waals surface area contributed by atoms with Crippen LogP contribution in [0.15, 0.2) is 5.10 Å². The van der Waals surface area contributed by atoms with Crippen molar-refractivity contribution in [1.29, 1.82) is 0 Å². The topological polar surface area (TPSA) is 76.9 Å². The summed E-state index contributed by atoms with van der Waals surface area (Å²) in [6.07, 6.45) is 0. The number of ether oxygens (including phenoxy) is 1. The fraction of sp³-hybridized carbons (Fsp3) is 0.800. The van der Waals surface area contributed by atoms with E-state index >= 15 is 0 Å². The van der Waals surface area contributed by atoms with Crippen molar-refractivity contribution in [3.05, 3.63) is 0 Å². The van der Waals surface area contributed by atoms with E-state index in [-0.39, 0.29) is 5.96 Å². The number of rotatable bonds is 1. The van der Waals surface area contributed by atoms with Crippen LogP contribution in [-0.4, -0.2) is 37.3 Å². The molecular formula is C5H12F2N4O. The normalized spacial score (nSPS) is 16.0. The van der Waals surface area contributed by atoms with E-state index in [0.29, 0.717) is 13.2 Å². The number of nitrogens with two attached hydrogens (primary N) is 2. The van der Waals surface area contributed by atoms with Gasteiger partial charge in [0.2, 0.25) is 5.96 Å². The van der Waals surface area contributed by atoms with Crippen LogP contribution in [0.25, 0.3) is 0 Å². The molecule has 0 saturated carbocycles. The van der Waals surface area contributed by atoms with Gasteiger partial charge in [0.25, 0.3) is 0 Å². The molecule has 0 amide bonds. The Morgan fingerprint density at radius 1 is 1.25 bits per heavy atom. The molecule has 0 unspecified atom stereocenters. The molecule has 1 fully saturated rings. The van der Waals surface area contributed by atoms with Crippen LogP contribution in [0.2, 0.25) is 0 Å². The van der Waals surface area contributed by atoms with Crippen LogP contribution in [0, 0.1) is 0 Å². The Kier molecular flexibility index (Phi) is 5.98. The summed E-state index contributed by atoms with van der Waals surface area (Å²) in [4.78, 5) is 0. The van der Waals surface area contributed by atoms with Crippen molar-refractivity contribution in [3.8, 4) is 0 Å². The van der Waals surface area contributed by atoms with Gasteiger partial charge >= 0.3 is 0 Å². The second kappa shape index (κ2) is 6.59. The van der Waals surface area contributed by atoms with E-state index in [9.17, 15) is 0 Å². The summed E-state index contributed by atoms with van der Waals surface area (Å²) in [5.74, 6) is 0.113. The third-order valence-electron chi connectivity index (χ3n) is 1.24. The maximum absolute atomic E-state index is 8.00. The summed E-state index contributed by atoms with van der Waals surface area (Å²) in [6.45, 7) is 2.96. The Balaban J connectivity index is 0.000000561.